The van der Waals surface area contributed by atoms with Gasteiger partial charge in [0.2, 0.25) is 11.8 Å². The first-order chi connectivity index (χ1) is 11.7. The summed E-state index contributed by atoms with van der Waals surface area (Å²) in [6.45, 7) is 2.47. The largest absolute Gasteiger partial charge is 0.326 e. The van der Waals surface area contributed by atoms with Crippen LogP contribution < -0.4 is 0 Å². The molecule has 1 unspecified atom stereocenters. The number of aryl methyl sites for hydroxylation is 1. The quantitative estimate of drug-likeness (QED) is 0.772. The highest BCUT2D eigenvalue weighted by Crippen LogP contribution is 2.32. The Bertz CT molecular complexity index is 825. The van der Waals surface area contributed by atoms with E-state index in [1.165, 1.54) is 11.0 Å². The van der Waals surface area contributed by atoms with Gasteiger partial charge in [0.15, 0.2) is 0 Å². The third-order valence-electron chi connectivity index (χ3n) is 4.06. The molecular weight excluding hydrogens is 328 g/mol. The van der Waals surface area contributed by atoms with Crippen LogP contribution in [-0.2, 0) is 0 Å². The highest BCUT2D eigenvalue weighted by molar-refractivity contribution is 7.09. The van der Waals surface area contributed by atoms with E-state index in [0.717, 1.165) is 24.3 Å². The molecule has 0 spiro atoms. The SMILES string of the molecule is Cc1nc(C(=O)N2CCCCC2c2nccs2)nn1-c1ncn[nH]1. The fourth-order valence-electron chi connectivity index (χ4n) is 2.94. The summed E-state index contributed by atoms with van der Waals surface area (Å²) in [5.74, 6) is 1.02. The van der Waals surface area contributed by atoms with Crippen LogP contribution in [0.3, 0.4) is 0 Å². The predicted octanol–water partition coefficient (Wildman–Crippen LogP) is 1.52. The molecule has 10 heteroatoms. The van der Waals surface area contributed by atoms with E-state index in [-0.39, 0.29) is 17.8 Å². The molecule has 0 aliphatic carbocycles. The molecule has 0 saturated carbocycles. The van der Waals surface area contributed by atoms with E-state index in [4.69, 9.17) is 0 Å². The van der Waals surface area contributed by atoms with Crippen LogP contribution in [-0.4, -0.2) is 52.3 Å². The van der Waals surface area contributed by atoms with E-state index in [2.05, 4.69) is 30.2 Å². The molecule has 24 heavy (non-hydrogen) atoms. The van der Waals surface area contributed by atoms with Crippen molar-refractivity contribution in [2.24, 2.45) is 0 Å². The molecule has 0 radical (unpaired) electrons. The van der Waals surface area contributed by atoms with Gasteiger partial charge < -0.3 is 4.90 Å². The Morgan fingerprint density at radius 1 is 1.38 bits per heavy atom. The molecule has 1 atom stereocenters. The first-order valence-corrected chi connectivity index (χ1v) is 8.62. The summed E-state index contributed by atoms with van der Waals surface area (Å²) < 4.78 is 1.49. The number of amides is 1. The zero-order chi connectivity index (χ0) is 16.5. The van der Waals surface area contributed by atoms with Gasteiger partial charge in [-0.15, -0.1) is 16.4 Å². The first kappa shape index (κ1) is 14.9. The summed E-state index contributed by atoms with van der Waals surface area (Å²) >= 11 is 1.58. The molecule has 3 aromatic heterocycles. The number of hydrogen-bond donors (Lipinski definition) is 1. The van der Waals surface area contributed by atoms with Gasteiger partial charge in [-0.25, -0.2) is 15.1 Å². The molecule has 0 aromatic carbocycles. The Morgan fingerprint density at radius 2 is 2.29 bits per heavy atom. The zero-order valence-corrected chi connectivity index (χ0v) is 13.9. The monoisotopic (exact) mass is 344 g/mol. The second kappa shape index (κ2) is 6.11. The van der Waals surface area contributed by atoms with Gasteiger partial charge in [0, 0.05) is 18.1 Å². The van der Waals surface area contributed by atoms with Crippen molar-refractivity contribution >= 4 is 17.2 Å². The number of aromatic amines is 1. The van der Waals surface area contributed by atoms with E-state index in [1.54, 1.807) is 24.5 Å². The fraction of sp³-hybridized carbons (Fsp3) is 0.429. The number of nitrogens with zero attached hydrogens (tertiary/aromatic N) is 7. The summed E-state index contributed by atoms with van der Waals surface area (Å²) in [7, 11) is 0. The molecule has 1 aliphatic rings. The van der Waals surface area contributed by atoms with E-state index in [0.29, 0.717) is 18.3 Å². The standard InChI is InChI=1S/C14H16N8OS/c1-9-18-11(20-22(9)14-16-8-17-19-14)13(23)21-6-3-2-4-10(21)12-15-5-7-24-12/h5,7-8,10H,2-4,6H2,1H3,(H,16,17,19). The van der Waals surface area contributed by atoms with Gasteiger partial charge in [0.1, 0.15) is 17.2 Å². The van der Waals surface area contributed by atoms with E-state index < -0.39 is 0 Å². The molecule has 9 nitrogen and oxygen atoms in total. The number of carbonyl (C=O) groups is 1. The lowest BCUT2D eigenvalue weighted by Crippen LogP contribution is -2.39. The number of likely N-dealkylation sites (tertiary alicyclic amines) is 1. The van der Waals surface area contributed by atoms with Crippen molar-refractivity contribution in [2.45, 2.75) is 32.2 Å². The van der Waals surface area contributed by atoms with Crippen molar-refractivity contribution in [3.8, 4) is 5.95 Å². The fourth-order valence-corrected chi connectivity index (χ4v) is 3.73. The molecule has 124 valence electrons. The smallest absolute Gasteiger partial charge is 0.294 e. The third kappa shape index (κ3) is 2.58. The minimum Gasteiger partial charge on any atom is -0.326 e. The van der Waals surface area contributed by atoms with Crippen LogP contribution in [0.15, 0.2) is 17.9 Å². The molecule has 4 rings (SSSR count). The molecule has 3 aromatic rings. The summed E-state index contributed by atoms with van der Waals surface area (Å²) in [4.78, 5) is 27.5. The minimum atomic E-state index is -0.170. The lowest BCUT2D eigenvalue weighted by atomic mass is 10.0. The number of hydrogen-bond acceptors (Lipinski definition) is 7. The van der Waals surface area contributed by atoms with Crippen LogP contribution in [0.4, 0.5) is 0 Å². The van der Waals surface area contributed by atoms with Gasteiger partial charge in [0.25, 0.3) is 5.91 Å². The molecule has 4 heterocycles. The van der Waals surface area contributed by atoms with Gasteiger partial charge in [-0.2, -0.15) is 14.8 Å². The van der Waals surface area contributed by atoms with Crippen LogP contribution in [0.5, 0.6) is 0 Å². The maximum absolute atomic E-state index is 13.0. The van der Waals surface area contributed by atoms with Crippen molar-refractivity contribution in [3.05, 3.63) is 34.6 Å². The summed E-state index contributed by atoms with van der Waals surface area (Å²) in [6.07, 6.45) is 6.16. The number of H-pyrrole nitrogens is 1. The Balaban J connectivity index is 1.64. The number of carbonyl (C=O) groups excluding carboxylic acids is 1. The molecule has 1 aliphatic heterocycles. The summed E-state index contributed by atoms with van der Waals surface area (Å²) in [5, 5.41) is 13.7. The van der Waals surface area contributed by atoms with Crippen LogP contribution in [0.2, 0.25) is 0 Å². The van der Waals surface area contributed by atoms with Crippen molar-refractivity contribution in [1.29, 1.82) is 0 Å². The van der Waals surface area contributed by atoms with Crippen molar-refractivity contribution in [3.63, 3.8) is 0 Å². The van der Waals surface area contributed by atoms with E-state index >= 15 is 0 Å². The summed E-state index contributed by atoms with van der Waals surface area (Å²) in [6, 6.07) is 0.00351. The maximum atomic E-state index is 13.0. The van der Waals surface area contributed by atoms with Gasteiger partial charge >= 0.3 is 0 Å². The minimum absolute atomic E-state index is 0.00351. The third-order valence-corrected chi connectivity index (χ3v) is 4.94. The number of aromatic nitrogens is 7. The average molecular weight is 344 g/mol. The van der Waals surface area contributed by atoms with E-state index in [1.807, 2.05) is 10.3 Å². The van der Waals surface area contributed by atoms with Crippen molar-refractivity contribution in [1.82, 2.24) is 39.8 Å². The Labute approximate surface area is 141 Å². The Hall–Kier alpha value is -2.62. The van der Waals surface area contributed by atoms with Crippen LogP contribution in [0.25, 0.3) is 5.95 Å². The predicted molar refractivity (Wildman–Crippen MR) is 85.8 cm³/mol. The topological polar surface area (TPSA) is 105 Å². The highest BCUT2D eigenvalue weighted by Gasteiger charge is 2.32. The molecule has 1 amide bonds. The highest BCUT2D eigenvalue weighted by atomic mass is 32.1. The lowest BCUT2D eigenvalue weighted by Gasteiger charge is -2.33. The van der Waals surface area contributed by atoms with Crippen LogP contribution in [0.1, 0.15) is 46.8 Å². The first-order valence-electron chi connectivity index (χ1n) is 7.74. The maximum Gasteiger partial charge on any atom is 0.294 e. The number of nitrogens with one attached hydrogen (secondary N) is 1. The second-order valence-corrected chi connectivity index (χ2v) is 6.51. The molecule has 1 fully saturated rings. The van der Waals surface area contributed by atoms with Crippen LogP contribution in [0, 0.1) is 6.92 Å². The number of rotatable bonds is 3. The van der Waals surface area contributed by atoms with Crippen molar-refractivity contribution < 1.29 is 4.79 Å². The normalized spacial score (nSPS) is 18.0. The molecule has 1 N–H and O–H groups in total. The Morgan fingerprint density at radius 3 is 3.04 bits per heavy atom. The van der Waals surface area contributed by atoms with Gasteiger partial charge in [-0.05, 0) is 26.2 Å². The van der Waals surface area contributed by atoms with Gasteiger partial charge in [-0.3, -0.25) is 4.79 Å². The number of thiazole rings is 1. The second-order valence-electron chi connectivity index (χ2n) is 5.58. The van der Waals surface area contributed by atoms with Gasteiger partial charge in [-0.1, -0.05) is 0 Å². The average Bonchev–Trinajstić information content (AvgIpc) is 3.35. The molecule has 1 saturated heterocycles. The van der Waals surface area contributed by atoms with E-state index in [9.17, 15) is 4.79 Å². The molecule has 0 bridgehead atoms. The molecular formula is C14H16N8OS. The Kier molecular flexibility index (Phi) is 3.81. The van der Waals surface area contributed by atoms with Crippen LogP contribution >= 0.6 is 11.3 Å². The van der Waals surface area contributed by atoms with Gasteiger partial charge in [0.05, 0.1) is 6.04 Å². The van der Waals surface area contributed by atoms with Crippen molar-refractivity contribution in [2.75, 3.05) is 6.54 Å². The summed E-state index contributed by atoms with van der Waals surface area (Å²) in [5.41, 5.74) is 0. The lowest BCUT2D eigenvalue weighted by molar-refractivity contribution is 0.0598. The number of piperidine rings is 1. The zero-order valence-electron chi connectivity index (χ0n) is 13.1.